The second-order valence-corrected chi connectivity index (χ2v) is 10.7. The minimum atomic E-state index is -3.60. The summed E-state index contributed by atoms with van der Waals surface area (Å²) in [5, 5.41) is 18.9. The second kappa shape index (κ2) is 9.42. The van der Waals surface area contributed by atoms with Crippen molar-refractivity contribution in [3.8, 4) is 0 Å². The van der Waals surface area contributed by atoms with Gasteiger partial charge in [0, 0.05) is 17.3 Å². The van der Waals surface area contributed by atoms with Crippen LogP contribution in [-0.2, 0) is 34.8 Å². The van der Waals surface area contributed by atoms with Crippen LogP contribution in [0, 0.1) is 6.92 Å². The Kier molecular flexibility index (Phi) is 7.89. The Bertz CT molecular complexity index is 1160. The Morgan fingerprint density at radius 1 is 1.25 bits per heavy atom. The summed E-state index contributed by atoms with van der Waals surface area (Å²) in [6.07, 6.45) is 4.94. The lowest BCUT2D eigenvalue weighted by Crippen LogP contribution is -2.19. The smallest absolute Gasteiger partial charge is 0.354 e. The van der Waals surface area contributed by atoms with Crippen LogP contribution in [0.1, 0.15) is 73.1 Å². The molecule has 2 aromatic rings. The number of benzene rings is 1. The van der Waals surface area contributed by atoms with Gasteiger partial charge in [0.1, 0.15) is 5.76 Å². The fourth-order valence-electron chi connectivity index (χ4n) is 4.69. The zero-order valence-corrected chi connectivity index (χ0v) is 21.7. The standard InChI is InChI=1S/C22H29N3O4S.2H2S/c1-12-8-9-16-17(12)10-14-6-5-7-15(14)20(16)24-21(26)25-30(23,28)19-11-18(13(2)29-19)22(3,4)27;;/h10-12,27H,5-9H2,1-4H3,(H3,23,24,25,26,28);2*1H2/t12-,30?;;/m0../s1. The molecule has 2 atom stereocenters. The van der Waals surface area contributed by atoms with Crippen LogP contribution in [0.5, 0.6) is 0 Å². The van der Waals surface area contributed by atoms with Gasteiger partial charge in [-0.2, -0.15) is 27.0 Å². The van der Waals surface area contributed by atoms with Crippen molar-refractivity contribution in [2.24, 2.45) is 9.50 Å². The van der Waals surface area contributed by atoms with E-state index in [1.165, 1.54) is 17.2 Å². The van der Waals surface area contributed by atoms with Crippen molar-refractivity contribution in [3.05, 3.63) is 45.7 Å². The van der Waals surface area contributed by atoms with Crippen molar-refractivity contribution in [1.29, 1.82) is 0 Å². The summed E-state index contributed by atoms with van der Waals surface area (Å²) in [7, 11) is -3.60. The topological polar surface area (TPSA) is 118 Å². The van der Waals surface area contributed by atoms with Gasteiger partial charge in [-0.05, 0) is 81.0 Å². The number of amides is 2. The van der Waals surface area contributed by atoms with Gasteiger partial charge in [0.2, 0.25) is 5.09 Å². The third kappa shape index (κ3) is 4.89. The quantitative estimate of drug-likeness (QED) is 0.576. The van der Waals surface area contributed by atoms with Crippen LogP contribution in [-0.4, -0.2) is 15.3 Å². The zero-order valence-electron chi connectivity index (χ0n) is 18.9. The Balaban J connectivity index is 0.00000181. The maximum absolute atomic E-state index is 13.0. The third-order valence-corrected chi connectivity index (χ3v) is 7.41. The van der Waals surface area contributed by atoms with Gasteiger partial charge >= 0.3 is 6.03 Å². The Labute approximate surface area is 203 Å². The van der Waals surface area contributed by atoms with Gasteiger partial charge in [-0.3, -0.25) is 0 Å². The van der Waals surface area contributed by atoms with E-state index in [2.05, 4.69) is 22.7 Å². The van der Waals surface area contributed by atoms with Crippen molar-refractivity contribution in [1.82, 2.24) is 0 Å². The monoisotopic (exact) mass is 499 g/mol. The molecule has 10 heteroatoms. The maximum Gasteiger partial charge on any atom is 0.354 e. The average molecular weight is 500 g/mol. The molecule has 2 aliphatic rings. The van der Waals surface area contributed by atoms with Crippen LogP contribution in [0.15, 0.2) is 26.0 Å². The molecule has 1 heterocycles. The van der Waals surface area contributed by atoms with E-state index in [1.54, 1.807) is 20.8 Å². The summed E-state index contributed by atoms with van der Waals surface area (Å²) in [6.45, 7) is 7.03. The van der Waals surface area contributed by atoms with Crippen LogP contribution in [0.4, 0.5) is 10.5 Å². The van der Waals surface area contributed by atoms with Crippen LogP contribution >= 0.6 is 27.0 Å². The first-order valence-corrected chi connectivity index (χ1v) is 11.9. The second-order valence-electron chi connectivity index (χ2n) is 8.93. The molecule has 0 bridgehead atoms. The first-order valence-electron chi connectivity index (χ1n) is 10.3. The highest BCUT2D eigenvalue weighted by Crippen LogP contribution is 2.43. The van der Waals surface area contributed by atoms with Gasteiger partial charge in [-0.15, -0.1) is 4.36 Å². The summed E-state index contributed by atoms with van der Waals surface area (Å²) in [5.41, 5.74) is 4.98. The minimum Gasteiger partial charge on any atom is -0.450 e. The largest absolute Gasteiger partial charge is 0.450 e. The molecule has 1 aromatic carbocycles. The lowest BCUT2D eigenvalue weighted by Gasteiger charge is -2.16. The molecule has 0 saturated heterocycles. The van der Waals surface area contributed by atoms with E-state index in [-0.39, 0.29) is 32.1 Å². The Morgan fingerprint density at radius 2 is 1.94 bits per heavy atom. The number of nitrogens with two attached hydrogens (primary N) is 1. The van der Waals surface area contributed by atoms with E-state index in [0.29, 0.717) is 17.2 Å². The number of furan rings is 1. The van der Waals surface area contributed by atoms with Crippen LogP contribution in [0.2, 0.25) is 0 Å². The molecule has 7 nitrogen and oxygen atoms in total. The molecule has 32 heavy (non-hydrogen) atoms. The van der Waals surface area contributed by atoms with Gasteiger partial charge in [-0.25, -0.2) is 14.1 Å². The number of nitrogens with zero attached hydrogens (tertiary/aromatic N) is 1. The van der Waals surface area contributed by atoms with Crippen LogP contribution in [0.25, 0.3) is 0 Å². The van der Waals surface area contributed by atoms with Gasteiger partial charge in [0.15, 0.2) is 9.92 Å². The normalized spacial score (nSPS) is 18.6. The highest BCUT2D eigenvalue weighted by atomic mass is 32.2. The summed E-state index contributed by atoms with van der Waals surface area (Å²) < 4.78 is 22.2. The SMILES string of the molecule is Cc1oc(S(N)(=O)=NC(=O)Nc2c3c(cc4c2CC[C@@H]4C)CCC3)cc1C(C)(C)O.S.S. The lowest BCUT2D eigenvalue weighted by atomic mass is 9.96. The first kappa shape index (κ1) is 26.8. The fraction of sp³-hybridized carbons (Fsp3) is 0.500. The molecule has 1 unspecified atom stereocenters. The van der Waals surface area contributed by atoms with Gasteiger partial charge in [0.25, 0.3) is 0 Å². The van der Waals surface area contributed by atoms with Crippen LogP contribution in [0.3, 0.4) is 0 Å². The van der Waals surface area contributed by atoms with Crippen molar-refractivity contribution in [3.63, 3.8) is 0 Å². The molecule has 1 aromatic heterocycles. The van der Waals surface area contributed by atoms with E-state index >= 15 is 0 Å². The van der Waals surface area contributed by atoms with Crippen molar-refractivity contribution in [2.45, 2.75) is 76.4 Å². The number of carbonyl (C=O) groups excluding carboxylic acids is 1. The summed E-state index contributed by atoms with van der Waals surface area (Å²) >= 11 is 0. The van der Waals surface area contributed by atoms with Gasteiger partial charge in [-0.1, -0.05) is 13.0 Å². The predicted molar refractivity (Wildman–Crippen MR) is 137 cm³/mol. The summed E-state index contributed by atoms with van der Waals surface area (Å²) in [4.78, 5) is 12.7. The number of nitrogens with one attached hydrogen (secondary N) is 1. The third-order valence-electron chi connectivity index (χ3n) is 6.19. The minimum absolute atomic E-state index is 0. The van der Waals surface area contributed by atoms with Gasteiger partial charge in [0.05, 0.1) is 5.60 Å². The highest BCUT2D eigenvalue weighted by Gasteiger charge is 2.29. The molecule has 0 aliphatic heterocycles. The van der Waals surface area contributed by atoms with Crippen molar-refractivity contribution in [2.75, 3.05) is 5.32 Å². The fourth-order valence-corrected chi connectivity index (χ4v) is 5.61. The van der Waals surface area contributed by atoms with Crippen LogP contribution < -0.4 is 10.5 Å². The first-order chi connectivity index (χ1) is 14.0. The molecule has 178 valence electrons. The predicted octanol–water partition coefficient (Wildman–Crippen LogP) is 4.51. The van der Waals surface area contributed by atoms with Crippen molar-refractivity contribution >= 4 is 48.6 Å². The zero-order chi connectivity index (χ0) is 21.8. The Morgan fingerprint density at radius 3 is 2.56 bits per heavy atom. The number of rotatable bonds is 3. The number of urea groups is 1. The van der Waals surface area contributed by atoms with E-state index in [9.17, 15) is 14.1 Å². The summed E-state index contributed by atoms with van der Waals surface area (Å²) in [6, 6.07) is 2.95. The average Bonchev–Trinajstić information content (AvgIpc) is 3.33. The number of carbonyl (C=O) groups is 1. The number of hydrogen-bond donors (Lipinski definition) is 3. The molecule has 0 radical (unpaired) electrons. The molecule has 2 aliphatic carbocycles. The number of aryl methyl sites for hydroxylation is 2. The van der Waals surface area contributed by atoms with E-state index in [1.807, 2.05) is 0 Å². The number of hydrogen-bond acceptors (Lipinski definition) is 4. The number of aliphatic hydroxyl groups is 1. The molecule has 0 spiro atoms. The molecule has 2 amide bonds. The van der Waals surface area contributed by atoms with E-state index in [0.717, 1.165) is 48.9 Å². The van der Waals surface area contributed by atoms with E-state index < -0.39 is 21.5 Å². The molecule has 4 N–H and O–H groups in total. The van der Waals surface area contributed by atoms with Gasteiger partial charge < -0.3 is 14.8 Å². The molecular formula is C22H33N3O4S3. The molecule has 0 saturated carbocycles. The molecule has 4 rings (SSSR count). The van der Waals surface area contributed by atoms with E-state index in [4.69, 9.17) is 9.56 Å². The molecule has 0 fully saturated rings. The summed E-state index contributed by atoms with van der Waals surface area (Å²) in [5.74, 6) is 0.850. The lowest BCUT2D eigenvalue weighted by molar-refractivity contribution is 0.0769. The number of fused-ring (bicyclic) bond motifs is 2. The maximum atomic E-state index is 13.0. The highest BCUT2D eigenvalue weighted by molar-refractivity contribution is 7.91. The number of anilines is 1. The molecular weight excluding hydrogens is 466 g/mol. The van der Waals surface area contributed by atoms with Crippen molar-refractivity contribution < 1.29 is 18.5 Å². The Hall–Kier alpha value is -1.46.